The van der Waals surface area contributed by atoms with Crippen molar-refractivity contribution in [2.75, 3.05) is 31.6 Å². The number of pyridine rings is 1. The lowest BCUT2D eigenvalue weighted by atomic mass is 10.0. The van der Waals surface area contributed by atoms with Crippen LogP contribution in [0.4, 0.5) is 11.6 Å². The number of carbonyl (C=O) groups is 1. The number of carbonyl (C=O) groups excluding carboxylic acids is 1. The van der Waals surface area contributed by atoms with Crippen molar-refractivity contribution in [1.82, 2.24) is 24.3 Å². The number of amides is 1. The predicted molar refractivity (Wildman–Crippen MR) is 121 cm³/mol. The summed E-state index contributed by atoms with van der Waals surface area (Å²) in [5, 5.41) is 3.14. The molecule has 0 unspecified atom stereocenters. The van der Waals surface area contributed by atoms with Gasteiger partial charge in [-0.15, -0.1) is 0 Å². The monoisotopic (exact) mass is 428 g/mol. The second-order valence-electron chi connectivity index (χ2n) is 7.90. The summed E-state index contributed by atoms with van der Waals surface area (Å²) in [7, 11) is 0. The van der Waals surface area contributed by atoms with Crippen LogP contribution in [0.1, 0.15) is 15.9 Å². The van der Waals surface area contributed by atoms with Gasteiger partial charge in [-0.05, 0) is 42.3 Å². The lowest BCUT2D eigenvalue weighted by Crippen LogP contribution is -2.36. The molecule has 0 aliphatic carbocycles. The van der Waals surface area contributed by atoms with Gasteiger partial charge in [0.05, 0.1) is 13.2 Å². The molecule has 1 amide bonds. The Labute approximate surface area is 185 Å². The molecule has 1 aliphatic rings. The fraction of sp³-hybridized carbons (Fsp3) is 0.250. The number of nitrogens with one attached hydrogen (secondary N) is 1. The molecule has 1 saturated heterocycles. The van der Waals surface area contributed by atoms with E-state index >= 15 is 0 Å². The molecule has 1 N–H and O–H groups in total. The Kier molecular flexibility index (Phi) is 5.76. The van der Waals surface area contributed by atoms with E-state index in [2.05, 4.69) is 32.5 Å². The summed E-state index contributed by atoms with van der Waals surface area (Å²) in [5.74, 6) is 0.722. The number of anilines is 2. The van der Waals surface area contributed by atoms with E-state index in [-0.39, 0.29) is 11.8 Å². The first kappa shape index (κ1) is 20.1. The molecule has 1 aromatic carbocycles. The lowest BCUT2D eigenvalue weighted by molar-refractivity contribution is 0.0737. The molecule has 8 heteroatoms. The smallest absolute Gasteiger partial charge is 0.254 e. The SMILES string of the molecule is O=C(c1cccc(Nc2ncccn2)c1)N1CCOC[C@@H](Cc2ccc3nccn3c2)C1. The standard InChI is InChI=1S/C24H24N6O2/c31-23(20-3-1-4-21(14-20)28-24-26-7-2-8-27-24)30-11-12-32-17-19(16-30)13-18-5-6-22-25-9-10-29(22)15-18/h1-10,14-15,19H,11-13,16-17H2,(H,26,27,28)/t19-/m0/s1. The van der Waals surface area contributed by atoms with E-state index < -0.39 is 0 Å². The zero-order valence-electron chi connectivity index (χ0n) is 17.6. The number of imidazole rings is 1. The van der Waals surface area contributed by atoms with Gasteiger partial charge >= 0.3 is 0 Å². The second-order valence-corrected chi connectivity index (χ2v) is 7.90. The quantitative estimate of drug-likeness (QED) is 0.526. The largest absolute Gasteiger partial charge is 0.379 e. The highest BCUT2D eigenvalue weighted by molar-refractivity contribution is 5.95. The van der Waals surface area contributed by atoms with E-state index in [1.165, 1.54) is 5.56 Å². The third-order valence-corrected chi connectivity index (χ3v) is 5.53. The van der Waals surface area contributed by atoms with Crippen LogP contribution in [0, 0.1) is 5.92 Å². The van der Waals surface area contributed by atoms with Crippen LogP contribution < -0.4 is 5.32 Å². The minimum absolute atomic E-state index is 0.00296. The summed E-state index contributed by atoms with van der Waals surface area (Å²) in [5.41, 5.74) is 3.54. The minimum atomic E-state index is 0.00296. The van der Waals surface area contributed by atoms with Crippen molar-refractivity contribution in [2.45, 2.75) is 6.42 Å². The van der Waals surface area contributed by atoms with E-state index in [1.807, 2.05) is 45.8 Å². The first-order valence-electron chi connectivity index (χ1n) is 10.7. The van der Waals surface area contributed by atoms with Gasteiger partial charge in [-0.2, -0.15) is 0 Å². The van der Waals surface area contributed by atoms with Gasteiger partial charge in [-0.25, -0.2) is 15.0 Å². The van der Waals surface area contributed by atoms with Gasteiger partial charge in [0.15, 0.2) is 0 Å². The highest BCUT2D eigenvalue weighted by Gasteiger charge is 2.24. The number of hydrogen-bond donors (Lipinski definition) is 1. The Morgan fingerprint density at radius 1 is 1.09 bits per heavy atom. The van der Waals surface area contributed by atoms with Gasteiger partial charge in [0.1, 0.15) is 5.65 Å². The van der Waals surface area contributed by atoms with Crippen LogP contribution in [0.2, 0.25) is 0 Å². The van der Waals surface area contributed by atoms with Gasteiger partial charge in [-0.1, -0.05) is 12.1 Å². The Bertz CT molecular complexity index is 1210. The molecule has 0 radical (unpaired) electrons. The molecule has 5 rings (SSSR count). The molecule has 1 atom stereocenters. The fourth-order valence-corrected chi connectivity index (χ4v) is 4.01. The zero-order valence-corrected chi connectivity index (χ0v) is 17.6. The summed E-state index contributed by atoms with van der Waals surface area (Å²) in [6.45, 7) is 2.41. The summed E-state index contributed by atoms with van der Waals surface area (Å²) in [6, 6.07) is 13.3. The highest BCUT2D eigenvalue weighted by atomic mass is 16.5. The average Bonchev–Trinajstić information content (AvgIpc) is 3.17. The maximum Gasteiger partial charge on any atom is 0.254 e. The zero-order chi connectivity index (χ0) is 21.8. The molecule has 8 nitrogen and oxygen atoms in total. The normalized spacial score (nSPS) is 16.6. The number of ether oxygens (including phenoxy) is 1. The molecular weight excluding hydrogens is 404 g/mol. The van der Waals surface area contributed by atoms with E-state index in [0.29, 0.717) is 37.8 Å². The Balaban J connectivity index is 1.29. The first-order valence-corrected chi connectivity index (χ1v) is 10.7. The molecule has 32 heavy (non-hydrogen) atoms. The molecule has 0 saturated carbocycles. The van der Waals surface area contributed by atoms with Gasteiger partial charge in [0.2, 0.25) is 5.95 Å². The van der Waals surface area contributed by atoms with Crippen molar-refractivity contribution in [1.29, 1.82) is 0 Å². The molecule has 4 aromatic rings. The topological polar surface area (TPSA) is 84.7 Å². The van der Waals surface area contributed by atoms with Crippen molar-refractivity contribution in [2.24, 2.45) is 5.92 Å². The van der Waals surface area contributed by atoms with Gasteiger partial charge in [0, 0.05) is 61.2 Å². The summed E-state index contributed by atoms with van der Waals surface area (Å²) in [6.07, 6.45) is 10.0. The van der Waals surface area contributed by atoms with Gasteiger partial charge < -0.3 is 19.4 Å². The minimum Gasteiger partial charge on any atom is -0.379 e. The van der Waals surface area contributed by atoms with Crippen LogP contribution in [-0.4, -0.2) is 56.5 Å². The number of rotatable bonds is 5. The maximum absolute atomic E-state index is 13.3. The number of nitrogens with zero attached hydrogens (tertiary/aromatic N) is 5. The van der Waals surface area contributed by atoms with Gasteiger partial charge in [-0.3, -0.25) is 4.79 Å². The molecule has 0 bridgehead atoms. The number of benzene rings is 1. The van der Waals surface area contributed by atoms with Crippen LogP contribution in [0.3, 0.4) is 0 Å². The van der Waals surface area contributed by atoms with Crippen LogP contribution in [0.15, 0.2) is 73.4 Å². The van der Waals surface area contributed by atoms with Crippen molar-refractivity contribution >= 4 is 23.2 Å². The van der Waals surface area contributed by atoms with E-state index in [4.69, 9.17) is 4.74 Å². The lowest BCUT2D eigenvalue weighted by Gasteiger charge is -2.24. The summed E-state index contributed by atoms with van der Waals surface area (Å²) < 4.78 is 7.85. The number of fused-ring (bicyclic) bond motifs is 1. The van der Waals surface area contributed by atoms with Crippen LogP contribution in [-0.2, 0) is 11.2 Å². The fourth-order valence-electron chi connectivity index (χ4n) is 4.01. The molecule has 4 heterocycles. The van der Waals surface area contributed by atoms with Crippen molar-refractivity contribution in [3.8, 4) is 0 Å². The molecular formula is C24H24N6O2. The number of hydrogen-bond acceptors (Lipinski definition) is 6. The molecule has 0 spiro atoms. The average molecular weight is 428 g/mol. The van der Waals surface area contributed by atoms with E-state index in [1.54, 1.807) is 24.7 Å². The van der Waals surface area contributed by atoms with Crippen molar-refractivity contribution in [3.63, 3.8) is 0 Å². The molecule has 3 aromatic heterocycles. The second kappa shape index (κ2) is 9.15. The van der Waals surface area contributed by atoms with Crippen molar-refractivity contribution in [3.05, 3.63) is 84.6 Å². The van der Waals surface area contributed by atoms with Crippen LogP contribution >= 0.6 is 0 Å². The van der Waals surface area contributed by atoms with Crippen LogP contribution in [0.25, 0.3) is 5.65 Å². The Hall–Kier alpha value is -3.78. The molecule has 1 fully saturated rings. The summed E-state index contributed by atoms with van der Waals surface area (Å²) in [4.78, 5) is 27.8. The van der Waals surface area contributed by atoms with Crippen LogP contribution in [0.5, 0.6) is 0 Å². The Morgan fingerprint density at radius 3 is 2.91 bits per heavy atom. The predicted octanol–water partition coefficient (Wildman–Crippen LogP) is 3.20. The molecule has 1 aliphatic heterocycles. The van der Waals surface area contributed by atoms with Crippen molar-refractivity contribution < 1.29 is 9.53 Å². The van der Waals surface area contributed by atoms with Gasteiger partial charge in [0.25, 0.3) is 5.91 Å². The highest BCUT2D eigenvalue weighted by Crippen LogP contribution is 2.19. The Morgan fingerprint density at radius 2 is 2.00 bits per heavy atom. The third-order valence-electron chi connectivity index (χ3n) is 5.53. The number of aromatic nitrogens is 4. The first-order chi connectivity index (χ1) is 15.7. The third kappa shape index (κ3) is 4.60. The van der Waals surface area contributed by atoms with E-state index in [9.17, 15) is 4.79 Å². The maximum atomic E-state index is 13.3. The summed E-state index contributed by atoms with van der Waals surface area (Å²) >= 11 is 0. The molecule has 162 valence electrons. The van der Waals surface area contributed by atoms with E-state index in [0.717, 1.165) is 17.8 Å².